The summed E-state index contributed by atoms with van der Waals surface area (Å²) in [6.45, 7) is 0. The number of hydrogen-bond acceptors (Lipinski definition) is 6. The smallest absolute Gasteiger partial charge is 0.877 e. The van der Waals surface area contributed by atoms with E-state index < -0.39 is 5.91 Å². The van der Waals surface area contributed by atoms with Crippen LogP contribution in [-0.4, -0.2) is 29.1 Å². The molecule has 0 radical (unpaired) electrons. The normalized spacial score (nSPS) is 16.8. The Bertz CT molecular complexity index is 474. The van der Waals surface area contributed by atoms with Crippen molar-refractivity contribution in [1.29, 1.82) is 0 Å². The average molecular weight is 242 g/mol. The van der Waals surface area contributed by atoms with Crippen molar-refractivity contribution >= 4 is 17.6 Å². The standard InChI is InChI=1S/C9H8N4O3.Na/c1-16-8-6(5-14)9(15)13(12-8)7-3-2-4-10-11-7;/h2-5,14H,1H3;/q;+1/p-1/b6-5+;. The Kier molecular flexibility index (Phi) is 4.62. The summed E-state index contributed by atoms with van der Waals surface area (Å²) in [5.74, 6) is -0.364. The molecule has 7 nitrogen and oxygen atoms in total. The van der Waals surface area contributed by atoms with E-state index in [9.17, 15) is 9.90 Å². The van der Waals surface area contributed by atoms with E-state index in [-0.39, 0.29) is 46.8 Å². The molecule has 0 aromatic carbocycles. The minimum atomic E-state index is -0.577. The van der Waals surface area contributed by atoms with Crippen LogP contribution in [0.5, 0.6) is 0 Å². The minimum absolute atomic E-state index is 0. The maximum absolute atomic E-state index is 11.7. The quantitative estimate of drug-likeness (QED) is 0.284. The first-order chi connectivity index (χ1) is 7.77. The van der Waals surface area contributed by atoms with Gasteiger partial charge in [-0.1, -0.05) is 0 Å². The van der Waals surface area contributed by atoms with Crippen LogP contribution >= 0.6 is 0 Å². The van der Waals surface area contributed by atoms with Crippen LogP contribution in [-0.2, 0) is 9.53 Å². The monoisotopic (exact) mass is 242 g/mol. The van der Waals surface area contributed by atoms with Crippen molar-refractivity contribution in [1.82, 2.24) is 10.2 Å². The van der Waals surface area contributed by atoms with Crippen molar-refractivity contribution in [3.63, 3.8) is 0 Å². The van der Waals surface area contributed by atoms with Crippen molar-refractivity contribution in [3.05, 3.63) is 30.2 Å². The number of rotatable bonds is 1. The van der Waals surface area contributed by atoms with Crippen LogP contribution in [0.4, 0.5) is 5.82 Å². The summed E-state index contributed by atoms with van der Waals surface area (Å²) >= 11 is 0. The third kappa shape index (κ3) is 2.46. The summed E-state index contributed by atoms with van der Waals surface area (Å²) in [7, 11) is 1.33. The van der Waals surface area contributed by atoms with Crippen LogP contribution in [0.3, 0.4) is 0 Å². The van der Waals surface area contributed by atoms with Gasteiger partial charge in [-0.2, -0.15) is 10.1 Å². The molecule has 82 valence electrons. The first-order valence-corrected chi connectivity index (χ1v) is 4.35. The number of carbonyl (C=O) groups is 1. The molecule has 0 saturated heterocycles. The average Bonchev–Trinajstić information content (AvgIpc) is 2.66. The summed E-state index contributed by atoms with van der Waals surface area (Å²) in [6, 6.07) is 3.16. The first-order valence-electron chi connectivity index (χ1n) is 4.35. The summed E-state index contributed by atoms with van der Waals surface area (Å²) in [5, 5.41) is 22.8. The number of hydrazone groups is 1. The Balaban J connectivity index is 0.00000144. The van der Waals surface area contributed by atoms with Gasteiger partial charge in [0, 0.05) is 6.20 Å². The molecule has 2 heterocycles. The molecule has 1 aliphatic rings. The van der Waals surface area contributed by atoms with Crippen LogP contribution in [0.1, 0.15) is 0 Å². The molecule has 17 heavy (non-hydrogen) atoms. The van der Waals surface area contributed by atoms with Gasteiger partial charge in [0.15, 0.2) is 5.82 Å². The second-order valence-electron chi connectivity index (χ2n) is 2.84. The Morgan fingerprint density at radius 1 is 1.53 bits per heavy atom. The number of carbonyl (C=O) groups excluding carboxylic acids is 1. The molecule has 1 aliphatic heterocycles. The molecule has 0 unspecified atom stereocenters. The van der Waals surface area contributed by atoms with Crippen molar-refractivity contribution in [2.24, 2.45) is 5.10 Å². The van der Waals surface area contributed by atoms with Gasteiger partial charge in [-0.3, -0.25) is 4.79 Å². The summed E-state index contributed by atoms with van der Waals surface area (Å²) in [4.78, 5) is 11.7. The zero-order valence-corrected chi connectivity index (χ0v) is 11.3. The fourth-order valence-electron chi connectivity index (χ4n) is 1.21. The number of aromatic nitrogens is 2. The van der Waals surface area contributed by atoms with E-state index in [1.165, 1.54) is 13.3 Å². The van der Waals surface area contributed by atoms with Gasteiger partial charge in [0.2, 0.25) is 5.90 Å². The predicted octanol–water partition coefficient (Wildman–Crippen LogP) is -3.97. The molecule has 2 rings (SSSR count). The van der Waals surface area contributed by atoms with E-state index in [4.69, 9.17) is 4.74 Å². The number of ether oxygens (including phenoxy) is 1. The molecular formula is C9H7N4NaO3. The maximum Gasteiger partial charge on any atom is 1.00 e. The molecule has 0 saturated carbocycles. The van der Waals surface area contributed by atoms with Gasteiger partial charge >= 0.3 is 29.6 Å². The van der Waals surface area contributed by atoms with E-state index >= 15 is 0 Å². The molecule has 1 aromatic rings. The molecular weight excluding hydrogens is 235 g/mol. The van der Waals surface area contributed by atoms with Gasteiger partial charge < -0.3 is 9.84 Å². The van der Waals surface area contributed by atoms with E-state index in [1.807, 2.05) is 0 Å². The Morgan fingerprint density at radius 3 is 2.76 bits per heavy atom. The third-order valence-electron chi connectivity index (χ3n) is 1.93. The topological polar surface area (TPSA) is 90.7 Å². The molecule has 0 N–H and O–H groups in total. The summed E-state index contributed by atoms with van der Waals surface area (Å²) in [6.07, 6.45) is 1.87. The van der Waals surface area contributed by atoms with Crippen LogP contribution < -0.4 is 39.7 Å². The summed E-state index contributed by atoms with van der Waals surface area (Å²) < 4.78 is 4.81. The SMILES string of the molecule is COC1=NN(c2cccnn2)C(=O)/C1=C/[O-].[Na+]. The molecule has 0 atom stereocenters. The number of hydrogen-bond donors (Lipinski definition) is 0. The van der Waals surface area contributed by atoms with E-state index in [2.05, 4.69) is 15.3 Å². The zero-order valence-electron chi connectivity index (χ0n) is 9.32. The fourth-order valence-corrected chi connectivity index (χ4v) is 1.21. The van der Waals surface area contributed by atoms with Crippen molar-refractivity contribution in [3.8, 4) is 0 Å². The molecule has 0 aliphatic carbocycles. The Labute approximate surface area is 119 Å². The van der Waals surface area contributed by atoms with Gasteiger partial charge in [-0.05, 0) is 12.1 Å². The number of nitrogens with zero attached hydrogens (tertiary/aromatic N) is 4. The van der Waals surface area contributed by atoms with Gasteiger partial charge in [0.25, 0.3) is 5.91 Å². The third-order valence-corrected chi connectivity index (χ3v) is 1.93. The zero-order chi connectivity index (χ0) is 11.5. The number of methoxy groups -OCH3 is 1. The van der Waals surface area contributed by atoms with Gasteiger partial charge in [-0.15, -0.1) is 16.5 Å². The Hall–Kier alpha value is -1.44. The Morgan fingerprint density at radius 2 is 2.29 bits per heavy atom. The molecule has 8 heteroatoms. The molecule has 0 fully saturated rings. The molecule has 0 spiro atoms. The minimum Gasteiger partial charge on any atom is -0.877 e. The van der Waals surface area contributed by atoms with E-state index in [0.717, 1.165) is 5.01 Å². The second-order valence-corrected chi connectivity index (χ2v) is 2.84. The van der Waals surface area contributed by atoms with Gasteiger partial charge in [0.05, 0.1) is 12.7 Å². The predicted molar refractivity (Wildman–Crippen MR) is 52.0 cm³/mol. The van der Waals surface area contributed by atoms with Gasteiger partial charge in [-0.25, -0.2) is 0 Å². The molecule has 1 aromatic heterocycles. The fraction of sp³-hybridized carbons (Fsp3) is 0.111. The van der Waals surface area contributed by atoms with Crippen molar-refractivity contribution in [2.45, 2.75) is 0 Å². The number of amides is 1. The van der Waals surface area contributed by atoms with Crippen LogP contribution in [0.2, 0.25) is 0 Å². The van der Waals surface area contributed by atoms with E-state index in [0.29, 0.717) is 6.26 Å². The first kappa shape index (κ1) is 13.6. The van der Waals surface area contributed by atoms with Crippen molar-refractivity contribution < 1.29 is 44.2 Å². The molecule has 1 amide bonds. The van der Waals surface area contributed by atoms with Gasteiger partial charge in [0.1, 0.15) is 0 Å². The second kappa shape index (κ2) is 5.76. The molecule has 0 bridgehead atoms. The summed E-state index contributed by atoms with van der Waals surface area (Å²) in [5.41, 5.74) is -0.131. The largest absolute Gasteiger partial charge is 1.00 e. The maximum atomic E-state index is 11.7. The van der Waals surface area contributed by atoms with Crippen LogP contribution in [0.15, 0.2) is 35.3 Å². The number of anilines is 1. The van der Waals surface area contributed by atoms with Crippen molar-refractivity contribution in [2.75, 3.05) is 12.1 Å². The van der Waals surface area contributed by atoms with E-state index in [1.54, 1.807) is 12.1 Å². The van der Waals surface area contributed by atoms with Crippen LogP contribution in [0.25, 0.3) is 0 Å². The van der Waals surface area contributed by atoms with Crippen LogP contribution in [0, 0.1) is 0 Å².